The topological polar surface area (TPSA) is 88.7 Å². The Bertz CT molecular complexity index is 1060. The van der Waals surface area contributed by atoms with Gasteiger partial charge < -0.3 is 14.3 Å². The summed E-state index contributed by atoms with van der Waals surface area (Å²) >= 11 is 0. The molecule has 1 heterocycles. The van der Waals surface area contributed by atoms with Crippen LogP contribution in [0.15, 0.2) is 52.9 Å². The standard InChI is InChI=1S/C22H22F3N3O4/c1-21(2,20(29)30)32-17-10-4-14(5-11-17)12-28(3)13-18-26-27-19(31-18)15-6-8-16(9-7-15)22(23,24)25/h4-11H,12-13H2,1-3H3,(H,29,30). The molecule has 0 aliphatic rings. The molecule has 170 valence electrons. The van der Waals surface area contributed by atoms with E-state index < -0.39 is 23.3 Å². The van der Waals surface area contributed by atoms with Crippen LogP contribution in [0.5, 0.6) is 5.75 Å². The van der Waals surface area contributed by atoms with Crippen LogP contribution in [0.25, 0.3) is 11.5 Å². The van der Waals surface area contributed by atoms with Gasteiger partial charge in [0.25, 0.3) is 0 Å². The zero-order chi connectivity index (χ0) is 23.5. The zero-order valence-electron chi connectivity index (χ0n) is 17.7. The maximum Gasteiger partial charge on any atom is 0.416 e. The minimum absolute atomic E-state index is 0.143. The highest BCUT2D eigenvalue weighted by Crippen LogP contribution is 2.30. The van der Waals surface area contributed by atoms with Crippen LogP contribution in [0.4, 0.5) is 13.2 Å². The maximum atomic E-state index is 12.7. The van der Waals surface area contributed by atoms with Gasteiger partial charge in [-0.1, -0.05) is 12.1 Å². The predicted octanol–water partition coefficient (Wildman–Crippen LogP) is 4.63. The van der Waals surface area contributed by atoms with Crippen LogP contribution < -0.4 is 4.74 Å². The number of hydrogen-bond donors (Lipinski definition) is 1. The van der Waals surface area contributed by atoms with Crippen molar-refractivity contribution in [2.24, 2.45) is 0 Å². The van der Waals surface area contributed by atoms with Gasteiger partial charge in [0.2, 0.25) is 11.8 Å². The molecular formula is C22H22F3N3O4. The zero-order valence-corrected chi connectivity index (χ0v) is 17.7. The molecule has 0 spiro atoms. The van der Waals surface area contributed by atoms with E-state index in [0.29, 0.717) is 30.3 Å². The van der Waals surface area contributed by atoms with E-state index in [0.717, 1.165) is 17.7 Å². The fourth-order valence-corrected chi connectivity index (χ4v) is 2.84. The van der Waals surface area contributed by atoms with Crippen LogP contribution in [0.3, 0.4) is 0 Å². The third-order valence-corrected chi connectivity index (χ3v) is 4.60. The molecule has 3 rings (SSSR count). The molecule has 0 unspecified atom stereocenters. The molecule has 0 aliphatic carbocycles. The number of halogens is 3. The van der Waals surface area contributed by atoms with E-state index in [2.05, 4.69) is 10.2 Å². The number of rotatable bonds is 8. The van der Waals surface area contributed by atoms with Gasteiger partial charge in [-0.3, -0.25) is 4.90 Å². The van der Waals surface area contributed by atoms with E-state index in [9.17, 15) is 18.0 Å². The number of carbonyl (C=O) groups is 1. The monoisotopic (exact) mass is 449 g/mol. The molecule has 0 saturated carbocycles. The normalized spacial score (nSPS) is 12.2. The molecule has 0 atom stereocenters. The first-order valence-electron chi connectivity index (χ1n) is 9.64. The number of carboxylic acids is 1. The maximum absolute atomic E-state index is 12.7. The number of nitrogens with zero attached hydrogens (tertiary/aromatic N) is 3. The average Bonchev–Trinajstić information content (AvgIpc) is 3.17. The Morgan fingerprint density at radius 1 is 1.03 bits per heavy atom. The van der Waals surface area contributed by atoms with Gasteiger partial charge in [-0.05, 0) is 62.9 Å². The van der Waals surface area contributed by atoms with Crippen molar-refractivity contribution in [3.63, 3.8) is 0 Å². The molecule has 0 fully saturated rings. The summed E-state index contributed by atoms with van der Waals surface area (Å²) in [6.45, 7) is 3.82. The Hall–Kier alpha value is -3.40. The van der Waals surface area contributed by atoms with Crippen LogP contribution in [-0.2, 0) is 24.1 Å². The SMILES string of the molecule is CN(Cc1ccc(OC(C)(C)C(=O)O)cc1)Cc1nnc(-c2ccc(C(F)(F)F)cc2)o1. The quantitative estimate of drug-likeness (QED) is 0.536. The molecule has 1 aromatic heterocycles. The largest absolute Gasteiger partial charge is 0.478 e. The first-order chi connectivity index (χ1) is 14.9. The van der Waals surface area contributed by atoms with Crippen LogP contribution in [0.1, 0.15) is 30.9 Å². The smallest absolute Gasteiger partial charge is 0.416 e. The average molecular weight is 449 g/mol. The fraction of sp³-hybridized carbons (Fsp3) is 0.318. The number of aromatic nitrogens is 2. The molecule has 0 bridgehead atoms. The van der Waals surface area contributed by atoms with Crippen LogP contribution >= 0.6 is 0 Å². The van der Waals surface area contributed by atoms with Gasteiger partial charge in [0.1, 0.15) is 5.75 Å². The van der Waals surface area contributed by atoms with Crippen molar-refractivity contribution < 1.29 is 32.2 Å². The molecule has 0 saturated heterocycles. The fourth-order valence-electron chi connectivity index (χ4n) is 2.84. The highest BCUT2D eigenvalue weighted by molar-refractivity contribution is 5.76. The number of aliphatic carboxylic acids is 1. The Labute approximate surface area is 182 Å². The molecule has 7 nitrogen and oxygen atoms in total. The number of hydrogen-bond acceptors (Lipinski definition) is 6. The van der Waals surface area contributed by atoms with Gasteiger partial charge in [0, 0.05) is 12.1 Å². The second-order valence-corrected chi connectivity index (χ2v) is 7.81. The molecule has 3 aromatic rings. The van der Waals surface area contributed by atoms with Crippen LogP contribution in [0, 0.1) is 0 Å². The van der Waals surface area contributed by atoms with Gasteiger partial charge in [-0.25, -0.2) is 4.79 Å². The molecule has 1 N–H and O–H groups in total. The molecule has 0 aliphatic heterocycles. The minimum atomic E-state index is -4.40. The lowest BCUT2D eigenvalue weighted by atomic mass is 10.1. The highest BCUT2D eigenvalue weighted by Gasteiger charge is 2.30. The van der Waals surface area contributed by atoms with E-state index in [1.807, 2.05) is 24.1 Å². The van der Waals surface area contributed by atoms with Gasteiger partial charge >= 0.3 is 12.1 Å². The van der Waals surface area contributed by atoms with E-state index in [-0.39, 0.29) is 5.89 Å². The minimum Gasteiger partial charge on any atom is -0.478 e. The lowest BCUT2D eigenvalue weighted by Gasteiger charge is -2.21. The lowest BCUT2D eigenvalue weighted by Crippen LogP contribution is -2.37. The first-order valence-corrected chi connectivity index (χ1v) is 9.64. The van der Waals surface area contributed by atoms with E-state index in [4.69, 9.17) is 14.3 Å². The molecule has 32 heavy (non-hydrogen) atoms. The summed E-state index contributed by atoms with van der Waals surface area (Å²) in [5, 5.41) is 17.0. The third kappa shape index (κ3) is 5.85. The summed E-state index contributed by atoms with van der Waals surface area (Å²) < 4.78 is 49.1. The molecule has 0 amide bonds. The summed E-state index contributed by atoms with van der Waals surface area (Å²) in [7, 11) is 1.85. The van der Waals surface area contributed by atoms with Crippen molar-refractivity contribution >= 4 is 5.97 Å². The summed E-state index contributed by atoms with van der Waals surface area (Å²) in [6, 6.07) is 11.6. The van der Waals surface area contributed by atoms with Crippen molar-refractivity contribution in [1.29, 1.82) is 0 Å². The van der Waals surface area contributed by atoms with Gasteiger partial charge in [0.05, 0.1) is 12.1 Å². The van der Waals surface area contributed by atoms with Gasteiger partial charge in [-0.15, -0.1) is 10.2 Å². The first kappa shape index (κ1) is 23.3. The molecule has 10 heteroatoms. The van der Waals surface area contributed by atoms with Crippen molar-refractivity contribution in [2.75, 3.05) is 7.05 Å². The summed E-state index contributed by atoms with van der Waals surface area (Å²) in [4.78, 5) is 13.1. The summed E-state index contributed by atoms with van der Waals surface area (Å²) in [6.07, 6.45) is -4.40. The number of benzene rings is 2. The number of carboxylic acid groups (broad SMARTS) is 1. The van der Waals surface area contributed by atoms with Gasteiger partial charge in [-0.2, -0.15) is 13.2 Å². The summed E-state index contributed by atoms with van der Waals surface area (Å²) in [5.41, 5.74) is -0.723. The van der Waals surface area contributed by atoms with Crippen molar-refractivity contribution in [3.05, 3.63) is 65.5 Å². The number of ether oxygens (including phenoxy) is 1. The van der Waals surface area contributed by atoms with E-state index in [1.54, 1.807) is 12.1 Å². The highest BCUT2D eigenvalue weighted by atomic mass is 19.4. The Morgan fingerprint density at radius 3 is 2.22 bits per heavy atom. The van der Waals surface area contributed by atoms with Crippen LogP contribution in [-0.4, -0.2) is 38.8 Å². The van der Waals surface area contributed by atoms with Crippen molar-refractivity contribution in [3.8, 4) is 17.2 Å². The Morgan fingerprint density at radius 2 is 1.66 bits per heavy atom. The molecule has 0 radical (unpaired) electrons. The van der Waals surface area contributed by atoms with Crippen molar-refractivity contribution in [2.45, 2.75) is 38.7 Å². The van der Waals surface area contributed by atoms with E-state index in [1.165, 1.54) is 26.0 Å². The van der Waals surface area contributed by atoms with Crippen molar-refractivity contribution in [1.82, 2.24) is 15.1 Å². The predicted molar refractivity (Wildman–Crippen MR) is 109 cm³/mol. The van der Waals surface area contributed by atoms with Crippen LogP contribution in [0.2, 0.25) is 0 Å². The van der Waals surface area contributed by atoms with Gasteiger partial charge in [0.15, 0.2) is 5.60 Å². The Kier molecular flexibility index (Phi) is 6.54. The Balaban J connectivity index is 1.58. The molecular weight excluding hydrogens is 427 g/mol. The second kappa shape index (κ2) is 8.99. The number of alkyl halides is 3. The molecule has 2 aromatic carbocycles. The second-order valence-electron chi connectivity index (χ2n) is 7.81. The lowest BCUT2D eigenvalue weighted by molar-refractivity contribution is -0.152. The summed E-state index contributed by atoms with van der Waals surface area (Å²) in [5.74, 6) is -0.145. The van der Waals surface area contributed by atoms with E-state index >= 15 is 0 Å². The third-order valence-electron chi connectivity index (χ3n) is 4.60.